The van der Waals surface area contributed by atoms with Gasteiger partial charge in [-0.05, 0) is 20.3 Å². The third-order valence-electron chi connectivity index (χ3n) is 3.11. The average molecular weight is 292 g/mol. The molecule has 0 aromatic carbocycles. The largest absolute Gasteiger partial charge is 0.342 e. The van der Waals surface area contributed by atoms with Gasteiger partial charge in [-0.1, -0.05) is 17.3 Å². The Bertz CT molecular complexity index is 587. The molecule has 0 atom stereocenters. The van der Waals surface area contributed by atoms with Crippen molar-refractivity contribution in [2.75, 3.05) is 13.1 Å². The molecule has 2 heterocycles. The van der Waals surface area contributed by atoms with Crippen molar-refractivity contribution in [3.05, 3.63) is 12.0 Å². The molecule has 21 heavy (non-hydrogen) atoms. The zero-order valence-electron chi connectivity index (χ0n) is 12.6. The van der Waals surface area contributed by atoms with Crippen LogP contribution in [0.2, 0.25) is 0 Å². The van der Waals surface area contributed by atoms with Crippen LogP contribution in [0.3, 0.4) is 0 Å². The lowest BCUT2D eigenvalue weighted by Gasteiger charge is -2.17. The summed E-state index contributed by atoms with van der Waals surface area (Å²) in [6, 6.07) is 0. The first kappa shape index (κ1) is 15.1. The lowest BCUT2D eigenvalue weighted by Crippen LogP contribution is -2.33. The van der Waals surface area contributed by atoms with Crippen LogP contribution in [0.25, 0.3) is 11.6 Å². The van der Waals surface area contributed by atoms with E-state index in [0.717, 1.165) is 12.8 Å². The van der Waals surface area contributed by atoms with Gasteiger partial charge in [0.1, 0.15) is 6.54 Å². The Kier molecular flexibility index (Phi) is 5.02. The molecule has 2 aromatic rings. The number of amides is 1. The summed E-state index contributed by atoms with van der Waals surface area (Å²) in [7, 11) is 0. The van der Waals surface area contributed by atoms with Crippen LogP contribution >= 0.6 is 0 Å². The predicted octanol–water partition coefficient (Wildman–Crippen LogP) is 1.15. The fourth-order valence-electron chi connectivity index (χ4n) is 1.97. The first-order valence-electron chi connectivity index (χ1n) is 7.18. The summed E-state index contributed by atoms with van der Waals surface area (Å²) in [4.78, 5) is 18.0. The molecule has 2 aromatic heterocycles. The maximum absolute atomic E-state index is 12.0. The molecule has 0 spiro atoms. The van der Waals surface area contributed by atoms with Gasteiger partial charge in [0.05, 0.1) is 6.20 Å². The molecule has 0 aliphatic carbocycles. The van der Waals surface area contributed by atoms with Crippen molar-refractivity contribution in [2.24, 2.45) is 0 Å². The second kappa shape index (κ2) is 6.96. The van der Waals surface area contributed by atoms with Gasteiger partial charge in [0.25, 0.3) is 5.89 Å². The Morgan fingerprint density at radius 2 is 2.10 bits per heavy atom. The Morgan fingerprint density at radius 3 is 2.76 bits per heavy atom. The van der Waals surface area contributed by atoms with E-state index in [1.54, 1.807) is 11.1 Å². The first-order valence-corrected chi connectivity index (χ1v) is 7.18. The van der Waals surface area contributed by atoms with Crippen molar-refractivity contribution >= 4 is 5.91 Å². The van der Waals surface area contributed by atoms with Crippen LogP contribution in [0.15, 0.2) is 10.7 Å². The van der Waals surface area contributed by atoms with E-state index < -0.39 is 0 Å². The van der Waals surface area contributed by atoms with E-state index in [4.69, 9.17) is 4.52 Å². The zero-order chi connectivity index (χ0) is 15.2. The zero-order valence-corrected chi connectivity index (χ0v) is 12.6. The molecule has 0 saturated carbocycles. The standard InChI is InChI=1S/C13H20N6O2/c1-4-7-11-14-13(21-16-11)10-8-19(17-15-10)9-12(20)18(5-2)6-3/h8H,4-7,9H2,1-3H3. The molecule has 8 nitrogen and oxygen atoms in total. The van der Waals surface area contributed by atoms with Crippen LogP contribution in [-0.2, 0) is 17.8 Å². The molecule has 114 valence electrons. The number of rotatable bonds is 7. The summed E-state index contributed by atoms with van der Waals surface area (Å²) >= 11 is 0. The Labute approximate surface area is 123 Å². The average Bonchev–Trinajstić information content (AvgIpc) is 3.10. The van der Waals surface area contributed by atoms with E-state index >= 15 is 0 Å². The molecule has 0 aliphatic heterocycles. The van der Waals surface area contributed by atoms with Crippen molar-refractivity contribution < 1.29 is 9.32 Å². The van der Waals surface area contributed by atoms with Crippen molar-refractivity contribution in [2.45, 2.75) is 40.2 Å². The van der Waals surface area contributed by atoms with Gasteiger partial charge in [-0.15, -0.1) is 5.10 Å². The van der Waals surface area contributed by atoms with Crippen LogP contribution in [0, 0.1) is 0 Å². The van der Waals surface area contributed by atoms with Gasteiger partial charge in [0.2, 0.25) is 5.91 Å². The molecule has 0 unspecified atom stereocenters. The predicted molar refractivity (Wildman–Crippen MR) is 75.2 cm³/mol. The fraction of sp³-hybridized carbons (Fsp3) is 0.615. The van der Waals surface area contributed by atoms with Crippen molar-refractivity contribution in [1.82, 2.24) is 30.0 Å². The maximum Gasteiger partial charge on any atom is 0.280 e. The molecule has 0 saturated heterocycles. The molecular weight excluding hydrogens is 272 g/mol. The van der Waals surface area contributed by atoms with Crippen molar-refractivity contribution in [1.29, 1.82) is 0 Å². The first-order chi connectivity index (χ1) is 10.2. The number of hydrogen-bond donors (Lipinski definition) is 0. The van der Waals surface area contributed by atoms with Gasteiger partial charge in [-0.2, -0.15) is 4.98 Å². The lowest BCUT2D eigenvalue weighted by molar-refractivity contribution is -0.131. The summed E-state index contributed by atoms with van der Waals surface area (Å²) in [5.74, 6) is 0.995. The van der Waals surface area contributed by atoms with E-state index in [1.807, 2.05) is 20.8 Å². The third-order valence-corrected chi connectivity index (χ3v) is 3.11. The van der Waals surface area contributed by atoms with Crippen LogP contribution in [0.4, 0.5) is 0 Å². The quantitative estimate of drug-likeness (QED) is 0.760. The minimum absolute atomic E-state index is 0.00801. The van der Waals surface area contributed by atoms with Gasteiger partial charge in [-0.25, -0.2) is 4.68 Å². The highest BCUT2D eigenvalue weighted by molar-refractivity contribution is 5.75. The van der Waals surface area contributed by atoms with Gasteiger partial charge >= 0.3 is 0 Å². The van der Waals surface area contributed by atoms with Crippen LogP contribution < -0.4 is 0 Å². The van der Waals surface area contributed by atoms with E-state index in [1.165, 1.54) is 4.68 Å². The molecule has 0 aliphatic rings. The molecule has 0 N–H and O–H groups in total. The van der Waals surface area contributed by atoms with Gasteiger partial charge < -0.3 is 9.42 Å². The molecule has 1 amide bonds. The van der Waals surface area contributed by atoms with Gasteiger partial charge in [-0.3, -0.25) is 4.79 Å². The fourth-order valence-corrected chi connectivity index (χ4v) is 1.97. The Hall–Kier alpha value is -2.25. The number of nitrogens with zero attached hydrogens (tertiary/aromatic N) is 6. The number of carbonyl (C=O) groups excluding carboxylic acids is 1. The molecule has 2 rings (SSSR count). The van der Waals surface area contributed by atoms with E-state index in [2.05, 4.69) is 20.5 Å². The summed E-state index contributed by atoms with van der Waals surface area (Å²) in [5.41, 5.74) is 0.484. The highest BCUT2D eigenvalue weighted by Gasteiger charge is 2.15. The number of aromatic nitrogens is 5. The molecule has 0 bridgehead atoms. The van der Waals surface area contributed by atoms with E-state index in [9.17, 15) is 4.79 Å². The minimum Gasteiger partial charge on any atom is -0.342 e. The normalized spacial score (nSPS) is 10.8. The number of hydrogen-bond acceptors (Lipinski definition) is 6. The SMILES string of the molecule is CCCc1noc(-c2cn(CC(=O)N(CC)CC)nn2)n1. The summed E-state index contributed by atoms with van der Waals surface area (Å²) < 4.78 is 6.62. The van der Waals surface area contributed by atoms with Crippen LogP contribution in [0.1, 0.15) is 33.0 Å². The van der Waals surface area contributed by atoms with Crippen molar-refractivity contribution in [3.63, 3.8) is 0 Å². The molecule has 8 heteroatoms. The lowest BCUT2D eigenvalue weighted by atomic mass is 10.3. The van der Waals surface area contributed by atoms with E-state index in [-0.39, 0.29) is 12.5 Å². The maximum atomic E-state index is 12.0. The number of carbonyl (C=O) groups is 1. The summed E-state index contributed by atoms with van der Waals surface area (Å²) in [6.07, 6.45) is 3.35. The highest BCUT2D eigenvalue weighted by Crippen LogP contribution is 2.13. The molecule has 0 radical (unpaired) electrons. The third kappa shape index (κ3) is 3.65. The highest BCUT2D eigenvalue weighted by atomic mass is 16.5. The number of aryl methyl sites for hydroxylation is 1. The molecular formula is C13H20N6O2. The van der Waals surface area contributed by atoms with Crippen LogP contribution in [0.5, 0.6) is 0 Å². The second-order valence-corrected chi connectivity index (χ2v) is 4.63. The topological polar surface area (TPSA) is 89.9 Å². The number of likely N-dealkylation sites (N-methyl/N-ethyl adjacent to an activating group) is 1. The van der Waals surface area contributed by atoms with Gasteiger partial charge in [0, 0.05) is 19.5 Å². The van der Waals surface area contributed by atoms with Gasteiger partial charge in [0.15, 0.2) is 11.5 Å². The Balaban J connectivity index is 2.05. The Morgan fingerprint density at radius 1 is 1.33 bits per heavy atom. The van der Waals surface area contributed by atoms with Crippen LogP contribution in [-0.4, -0.2) is 49.0 Å². The smallest absolute Gasteiger partial charge is 0.280 e. The minimum atomic E-state index is 0.00801. The molecule has 0 fully saturated rings. The second-order valence-electron chi connectivity index (χ2n) is 4.63. The monoisotopic (exact) mass is 292 g/mol. The van der Waals surface area contributed by atoms with E-state index in [0.29, 0.717) is 30.5 Å². The summed E-state index contributed by atoms with van der Waals surface area (Å²) in [6.45, 7) is 7.46. The summed E-state index contributed by atoms with van der Waals surface area (Å²) in [5, 5.41) is 11.8. The van der Waals surface area contributed by atoms with Crippen molar-refractivity contribution in [3.8, 4) is 11.6 Å².